The molecule has 3 heterocycles. The summed E-state index contributed by atoms with van der Waals surface area (Å²) in [4.78, 5) is 38.6. The van der Waals surface area contributed by atoms with Gasteiger partial charge in [0.1, 0.15) is 5.69 Å². The Hall–Kier alpha value is -3.60. The number of fused-ring (bicyclic) bond motifs is 1. The minimum absolute atomic E-state index is 0.145. The first-order valence-electron chi connectivity index (χ1n) is 10.2. The van der Waals surface area contributed by atoms with E-state index in [4.69, 9.17) is 9.90 Å². The summed E-state index contributed by atoms with van der Waals surface area (Å²) in [6.45, 7) is 2.60. The summed E-state index contributed by atoms with van der Waals surface area (Å²) in [5.41, 5.74) is 1.88. The molecule has 3 aromatic rings. The number of benzene rings is 1. The van der Waals surface area contributed by atoms with E-state index in [1.807, 2.05) is 24.3 Å². The molecule has 8 nitrogen and oxygen atoms in total. The third-order valence-corrected chi connectivity index (χ3v) is 5.24. The van der Waals surface area contributed by atoms with E-state index < -0.39 is 12.1 Å². The molecule has 0 saturated carbocycles. The quantitative estimate of drug-likeness (QED) is 0.538. The van der Waals surface area contributed by atoms with Gasteiger partial charge in [-0.15, -0.1) is 0 Å². The molecule has 4 rings (SSSR count). The van der Waals surface area contributed by atoms with Crippen LogP contribution < -0.4 is 11.0 Å². The van der Waals surface area contributed by atoms with Crippen molar-refractivity contribution in [3.8, 4) is 0 Å². The Morgan fingerprint density at radius 3 is 2.33 bits per heavy atom. The summed E-state index contributed by atoms with van der Waals surface area (Å²) in [6.07, 6.45) is -1.03. The van der Waals surface area contributed by atoms with Crippen molar-refractivity contribution < 1.29 is 27.9 Å². The molecule has 176 valence electrons. The minimum atomic E-state index is -5.08. The fraction of sp³-hybridized carbons (Fsp3) is 0.318. The molecule has 3 N–H and O–H groups in total. The van der Waals surface area contributed by atoms with Crippen molar-refractivity contribution in [1.29, 1.82) is 0 Å². The number of rotatable bonds is 5. The lowest BCUT2D eigenvalue weighted by atomic mass is 10.1. The van der Waals surface area contributed by atoms with Crippen LogP contribution >= 0.6 is 0 Å². The molecule has 1 saturated heterocycles. The van der Waals surface area contributed by atoms with Gasteiger partial charge in [0.15, 0.2) is 0 Å². The average molecular weight is 464 g/mol. The Bertz CT molecular complexity index is 1150. The number of likely N-dealkylation sites (tertiary alicyclic amines) is 1. The maximum absolute atomic E-state index is 12.6. The Morgan fingerprint density at radius 2 is 1.73 bits per heavy atom. The molecule has 1 aromatic carbocycles. The number of carbonyl (C=O) groups is 2. The largest absolute Gasteiger partial charge is 0.490 e. The smallest absolute Gasteiger partial charge is 0.475 e. The fourth-order valence-corrected chi connectivity index (χ4v) is 3.65. The van der Waals surface area contributed by atoms with E-state index in [1.165, 1.54) is 22.8 Å². The number of hydrogen-bond donors (Lipinski definition) is 3. The molecule has 1 aliphatic heterocycles. The number of carbonyl (C=O) groups excluding carboxylic acids is 1. The molecule has 0 spiro atoms. The molecule has 1 amide bonds. The molecule has 11 heteroatoms. The van der Waals surface area contributed by atoms with E-state index in [1.54, 1.807) is 18.3 Å². The first-order chi connectivity index (χ1) is 15.7. The van der Waals surface area contributed by atoms with Crippen LogP contribution in [0.2, 0.25) is 0 Å². The third kappa shape index (κ3) is 6.22. The number of halogens is 3. The van der Waals surface area contributed by atoms with Crippen LogP contribution in [0.1, 0.15) is 34.9 Å². The van der Waals surface area contributed by atoms with E-state index >= 15 is 0 Å². The van der Waals surface area contributed by atoms with Crippen molar-refractivity contribution in [2.75, 3.05) is 19.6 Å². The van der Waals surface area contributed by atoms with Gasteiger partial charge in [-0.1, -0.05) is 30.3 Å². The monoisotopic (exact) mass is 464 g/mol. The number of amides is 1. The number of aliphatic carboxylic acids is 1. The second kappa shape index (κ2) is 10.3. The van der Waals surface area contributed by atoms with Crippen LogP contribution in [0, 0.1) is 0 Å². The van der Waals surface area contributed by atoms with Crippen LogP contribution in [0.5, 0.6) is 0 Å². The van der Waals surface area contributed by atoms with Crippen molar-refractivity contribution in [3.63, 3.8) is 0 Å². The number of nitrogens with one attached hydrogen (secondary N) is 2. The van der Waals surface area contributed by atoms with Crippen molar-refractivity contribution in [3.05, 3.63) is 76.5 Å². The zero-order valence-corrected chi connectivity index (χ0v) is 17.5. The van der Waals surface area contributed by atoms with Crippen LogP contribution in [0.15, 0.2) is 59.5 Å². The van der Waals surface area contributed by atoms with Gasteiger partial charge < -0.3 is 15.4 Å². The van der Waals surface area contributed by atoms with Crippen molar-refractivity contribution >= 4 is 17.4 Å². The Labute approximate surface area is 186 Å². The zero-order chi connectivity index (χ0) is 24.0. The number of aromatic nitrogens is 2. The summed E-state index contributed by atoms with van der Waals surface area (Å²) < 4.78 is 33.2. The van der Waals surface area contributed by atoms with Gasteiger partial charge in [-0.05, 0) is 49.7 Å². The highest BCUT2D eigenvalue weighted by Gasteiger charge is 2.38. The SMILES string of the molecule is O=C(NCC(c1ccccc1)N1CCCC1)c1cc2cccn2c(=O)[nH]1.O=C(O)C(F)(F)F. The summed E-state index contributed by atoms with van der Waals surface area (Å²) >= 11 is 0. The van der Waals surface area contributed by atoms with E-state index in [0.717, 1.165) is 13.1 Å². The number of carboxylic acid groups (broad SMARTS) is 1. The summed E-state index contributed by atoms with van der Waals surface area (Å²) in [6, 6.07) is 15.7. The molecule has 0 bridgehead atoms. The molecule has 1 aliphatic rings. The number of aromatic amines is 1. The molecule has 1 atom stereocenters. The average Bonchev–Trinajstić information content (AvgIpc) is 3.47. The van der Waals surface area contributed by atoms with Crippen molar-refractivity contribution in [2.45, 2.75) is 25.1 Å². The molecular weight excluding hydrogens is 441 g/mol. The maximum Gasteiger partial charge on any atom is 0.490 e. The normalized spacial score (nSPS) is 15.0. The summed E-state index contributed by atoms with van der Waals surface area (Å²) in [5, 5.41) is 10.1. The maximum atomic E-state index is 12.6. The number of H-pyrrole nitrogens is 1. The van der Waals surface area contributed by atoms with Crippen LogP contribution in [-0.4, -0.2) is 57.1 Å². The van der Waals surface area contributed by atoms with Gasteiger partial charge in [0.25, 0.3) is 5.91 Å². The third-order valence-electron chi connectivity index (χ3n) is 5.24. The molecule has 2 aromatic heterocycles. The Morgan fingerprint density at radius 1 is 1.09 bits per heavy atom. The van der Waals surface area contributed by atoms with Crippen molar-refractivity contribution in [1.82, 2.24) is 19.6 Å². The number of nitrogens with zero attached hydrogens (tertiary/aromatic N) is 2. The standard InChI is InChI=1S/C20H22N4O2.C2HF3O2/c25-19(17-13-16-9-6-12-24(16)20(26)22-17)21-14-18(23-10-4-5-11-23)15-7-2-1-3-8-15;3-2(4,5)1(6)7/h1-3,6-9,12-13,18H,4-5,10-11,14H2,(H,21,25)(H,22,26);(H,6,7). The minimum Gasteiger partial charge on any atom is -0.475 e. The van der Waals surface area contributed by atoms with Gasteiger partial charge in [-0.2, -0.15) is 13.2 Å². The molecule has 1 fully saturated rings. The molecule has 0 aliphatic carbocycles. The predicted molar refractivity (Wildman–Crippen MR) is 114 cm³/mol. The number of alkyl halides is 3. The fourth-order valence-electron chi connectivity index (χ4n) is 3.65. The lowest BCUT2D eigenvalue weighted by Crippen LogP contribution is -2.37. The zero-order valence-electron chi connectivity index (χ0n) is 17.5. The number of carboxylic acids is 1. The lowest BCUT2D eigenvalue weighted by molar-refractivity contribution is -0.192. The van der Waals surface area contributed by atoms with Gasteiger partial charge in [0.05, 0.1) is 11.6 Å². The predicted octanol–water partition coefficient (Wildman–Crippen LogP) is 2.83. The second-order valence-electron chi connectivity index (χ2n) is 7.47. The van der Waals surface area contributed by atoms with Crippen LogP contribution in [0.4, 0.5) is 13.2 Å². The summed E-state index contributed by atoms with van der Waals surface area (Å²) in [5.74, 6) is -3.02. The van der Waals surface area contributed by atoms with Crippen molar-refractivity contribution in [2.24, 2.45) is 0 Å². The van der Waals surface area contributed by atoms with Gasteiger partial charge in [-0.3, -0.25) is 14.1 Å². The Kier molecular flexibility index (Phi) is 7.54. The van der Waals surface area contributed by atoms with E-state index in [9.17, 15) is 22.8 Å². The van der Waals surface area contributed by atoms with Gasteiger partial charge >= 0.3 is 17.8 Å². The molecule has 0 radical (unpaired) electrons. The lowest BCUT2D eigenvalue weighted by Gasteiger charge is -2.28. The van der Waals surface area contributed by atoms with Gasteiger partial charge in [-0.25, -0.2) is 9.59 Å². The van der Waals surface area contributed by atoms with Gasteiger partial charge in [0, 0.05) is 12.7 Å². The van der Waals surface area contributed by atoms with Crippen LogP contribution in [0.25, 0.3) is 5.52 Å². The topological polar surface area (TPSA) is 107 Å². The highest BCUT2D eigenvalue weighted by atomic mass is 19.4. The van der Waals surface area contributed by atoms with E-state index in [2.05, 4.69) is 27.3 Å². The molecule has 33 heavy (non-hydrogen) atoms. The van der Waals surface area contributed by atoms with Crippen LogP contribution in [-0.2, 0) is 4.79 Å². The van der Waals surface area contributed by atoms with Gasteiger partial charge in [0.2, 0.25) is 0 Å². The molecule has 1 unspecified atom stereocenters. The van der Waals surface area contributed by atoms with E-state index in [0.29, 0.717) is 12.1 Å². The first-order valence-corrected chi connectivity index (χ1v) is 10.2. The van der Waals surface area contributed by atoms with Crippen LogP contribution in [0.3, 0.4) is 0 Å². The first kappa shape index (κ1) is 24.1. The Balaban J connectivity index is 0.000000383. The second-order valence-corrected chi connectivity index (χ2v) is 7.47. The number of hydrogen-bond acceptors (Lipinski definition) is 4. The highest BCUT2D eigenvalue weighted by Crippen LogP contribution is 2.24. The summed E-state index contributed by atoms with van der Waals surface area (Å²) in [7, 11) is 0. The molecular formula is C22H23F3N4O4. The highest BCUT2D eigenvalue weighted by molar-refractivity contribution is 5.93. The van der Waals surface area contributed by atoms with E-state index in [-0.39, 0.29) is 23.3 Å².